The zero-order chi connectivity index (χ0) is 16.3. The number of rotatable bonds is 5. The van der Waals surface area contributed by atoms with Crippen LogP contribution in [0.25, 0.3) is 0 Å². The third-order valence-corrected chi connectivity index (χ3v) is 4.14. The van der Waals surface area contributed by atoms with Crippen LogP contribution in [0.4, 0.5) is 8.78 Å². The summed E-state index contributed by atoms with van der Waals surface area (Å²) in [6, 6.07) is 3.56. The van der Waals surface area contributed by atoms with Crippen LogP contribution in [0.15, 0.2) is 18.2 Å². The Kier molecular flexibility index (Phi) is 5.16. The molecule has 1 aromatic carbocycles. The predicted molar refractivity (Wildman–Crippen MR) is 78.2 cm³/mol. The van der Waals surface area contributed by atoms with Crippen LogP contribution < -0.4 is 0 Å². The second-order valence-corrected chi connectivity index (χ2v) is 6.14. The highest BCUT2D eigenvalue weighted by Crippen LogP contribution is 2.43. The van der Waals surface area contributed by atoms with E-state index >= 15 is 0 Å². The number of carbonyl (C=O) groups excluding carboxylic acids is 1. The molecule has 0 aliphatic carbocycles. The summed E-state index contributed by atoms with van der Waals surface area (Å²) in [5.74, 6) is -1.60. The van der Waals surface area contributed by atoms with Gasteiger partial charge in [-0.3, -0.25) is 4.79 Å². The van der Waals surface area contributed by atoms with Crippen molar-refractivity contribution >= 4 is 5.97 Å². The van der Waals surface area contributed by atoms with Crippen LogP contribution in [0.5, 0.6) is 0 Å². The molecule has 2 rings (SSSR count). The molecule has 1 aromatic rings. The SMILES string of the molecule is CCC1(c2ccc(F)cc2F)C[C@H](COC(=O)C(C)C)CO1. The molecule has 1 fully saturated rings. The van der Waals surface area contributed by atoms with E-state index in [4.69, 9.17) is 9.47 Å². The predicted octanol–water partition coefficient (Wildman–Crippen LogP) is 3.81. The van der Waals surface area contributed by atoms with Gasteiger partial charge in [-0.25, -0.2) is 8.78 Å². The van der Waals surface area contributed by atoms with Crippen molar-refractivity contribution in [3.63, 3.8) is 0 Å². The zero-order valence-electron chi connectivity index (χ0n) is 13.2. The first-order valence-electron chi connectivity index (χ1n) is 7.64. The third kappa shape index (κ3) is 3.46. The maximum Gasteiger partial charge on any atom is 0.308 e. The largest absolute Gasteiger partial charge is 0.465 e. The molecule has 0 radical (unpaired) electrons. The first-order valence-corrected chi connectivity index (χ1v) is 7.64. The maximum absolute atomic E-state index is 14.1. The highest BCUT2D eigenvalue weighted by molar-refractivity contribution is 5.71. The summed E-state index contributed by atoms with van der Waals surface area (Å²) in [7, 11) is 0. The van der Waals surface area contributed by atoms with E-state index in [9.17, 15) is 13.6 Å². The van der Waals surface area contributed by atoms with Gasteiger partial charge < -0.3 is 9.47 Å². The quantitative estimate of drug-likeness (QED) is 0.776. The molecule has 0 saturated carbocycles. The number of ether oxygens (including phenoxy) is 2. The number of hydrogen-bond donors (Lipinski definition) is 0. The molecule has 1 aliphatic rings. The Labute approximate surface area is 129 Å². The summed E-state index contributed by atoms with van der Waals surface area (Å²) in [6.45, 7) is 6.12. The molecule has 1 aliphatic heterocycles. The minimum Gasteiger partial charge on any atom is -0.465 e. The van der Waals surface area contributed by atoms with E-state index in [0.717, 1.165) is 6.07 Å². The van der Waals surface area contributed by atoms with Crippen molar-refractivity contribution in [1.82, 2.24) is 0 Å². The fourth-order valence-corrected chi connectivity index (χ4v) is 2.82. The van der Waals surface area contributed by atoms with E-state index in [1.54, 1.807) is 13.8 Å². The van der Waals surface area contributed by atoms with E-state index in [0.29, 0.717) is 25.0 Å². The number of esters is 1. The lowest BCUT2D eigenvalue weighted by Crippen LogP contribution is -2.26. The summed E-state index contributed by atoms with van der Waals surface area (Å²) in [4.78, 5) is 11.5. The van der Waals surface area contributed by atoms with Gasteiger partial charge in [-0.15, -0.1) is 0 Å². The molecule has 0 bridgehead atoms. The number of carbonyl (C=O) groups is 1. The van der Waals surface area contributed by atoms with E-state index in [1.165, 1.54) is 12.1 Å². The summed E-state index contributed by atoms with van der Waals surface area (Å²) < 4.78 is 38.2. The van der Waals surface area contributed by atoms with Gasteiger partial charge in [-0.2, -0.15) is 0 Å². The van der Waals surface area contributed by atoms with Crippen molar-refractivity contribution in [2.45, 2.75) is 39.2 Å². The Morgan fingerprint density at radius 3 is 2.77 bits per heavy atom. The fourth-order valence-electron chi connectivity index (χ4n) is 2.82. The van der Waals surface area contributed by atoms with Crippen LogP contribution in [0.1, 0.15) is 39.2 Å². The Hall–Kier alpha value is -1.49. The van der Waals surface area contributed by atoms with Crippen LogP contribution in [-0.4, -0.2) is 19.2 Å². The van der Waals surface area contributed by atoms with Crippen molar-refractivity contribution < 1.29 is 23.0 Å². The van der Waals surface area contributed by atoms with Crippen molar-refractivity contribution in [3.8, 4) is 0 Å². The van der Waals surface area contributed by atoms with Crippen LogP contribution in [0.2, 0.25) is 0 Å². The smallest absolute Gasteiger partial charge is 0.308 e. The Balaban J connectivity index is 2.08. The third-order valence-electron chi connectivity index (χ3n) is 4.14. The highest BCUT2D eigenvalue weighted by Gasteiger charge is 2.42. The highest BCUT2D eigenvalue weighted by atomic mass is 19.1. The first kappa shape index (κ1) is 16.9. The molecule has 0 spiro atoms. The molecular weight excluding hydrogens is 290 g/mol. The molecule has 0 amide bonds. The Morgan fingerprint density at radius 2 is 2.18 bits per heavy atom. The topological polar surface area (TPSA) is 35.5 Å². The lowest BCUT2D eigenvalue weighted by atomic mass is 9.85. The van der Waals surface area contributed by atoms with Gasteiger partial charge in [0.1, 0.15) is 11.6 Å². The average Bonchev–Trinajstić information content (AvgIpc) is 2.89. The lowest BCUT2D eigenvalue weighted by molar-refractivity contribution is -0.148. The minimum absolute atomic E-state index is 0.0205. The summed E-state index contributed by atoms with van der Waals surface area (Å²) >= 11 is 0. The standard InChI is InChI=1S/C17H22F2O3/c1-4-17(14-6-5-13(18)7-15(14)19)8-12(10-22-17)9-21-16(20)11(2)3/h5-7,11-12H,4,8-10H2,1-3H3/t12-,17?/m1/s1. The number of hydrogen-bond acceptors (Lipinski definition) is 3. The molecule has 22 heavy (non-hydrogen) atoms. The van der Waals surface area contributed by atoms with E-state index < -0.39 is 17.2 Å². The molecule has 2 atom stereocenters. The van der Waals surface area contributed by atoms with Crippen LogP contribution >= 0.6 is 0 Å². The molecule has 0 aromatic heterocycles. The van der Waals surface area contributed by atoms with Gasteiger partial charge in [0.15, 0.2) is 0 Å². The summed E-state index contributed by atoms with van der Waals surface area (Å²) in [5, 5.41) is 0. The fraction of sp³-hybridized carbons (Fsp3) is 0.588. The number of halogens is 2. The van der Waals surface area contributed by atoms with Crippen LogP contribution in [0.3, 0.4) is 0 Å². The monoisotopic (exact) mass is 312 g/mol. The molecular formula is C17H22F2O3. The van der Waals surface area contributed by atoms with Gasteiger partial charge in [-0.1, -0.05) is 26.8 Å². The van der Waals surface area contributed by atoms with Crippen LogP contribution in [0, 0.1) is 23.5 Å². The molecule has 3 nitrogen and oxygen atoms in total. The molecule has 1 unspecified atom stereocenters. The molecule has 122 valence electrons. The number of benzene rings is 1. The van der Waals surface area contributed by atoms with Gasteiger partial charge in [0.25, 0.3) is 0 Å². The second kappa shape index (κ2) is 6.73. The minimum atomic E-state index is -0.771. The van der Waals surface area contributed by atoms with Crippen molar-refractivity contribution in [2.24, 2.45) is 11.8 Å². The van der Waals surface area contributed by atoms with Gasteiger partial charge in [-0.05, 0) is 18.9 Å². The lowest BCUT2D eigenvalue weighted by Gasteiger charge is -2.28. The van der Waals surface area contributed by atoms with Gasteiger partial charge in [0.2, 0.25) is 0 Å². The van der Waals surface area contributed by atoms with Gasteiger partial charge >= 0.3 is 5.97 Å². The van der Waals surface area contributed by atoms with Crippen LogP contribution in [-0.2, 0) is 19.9 Å². The Bertz CT molecular complexity index is 545. The van der Waals surface area contributed by atoms with Crippen molar-refractivity contribution in [2.75, 3.05) is 13.2 Å². The zero-order valence-corrected chi connectivity index (χ0v) is 13.2. The van der Waals surface area contributed by atoms with E-state index in [1.807, 2.05) is 6.92 Å². The van der Waals surface area contributed by atoms with E-state index in [-0.39, 0.29) is 24.4 Å². The Morgan fingerprint density at radius 1 is 1.45 bits per heavy atom. The molecule has 1 heterocycles. The first-order chi connectivity index (χ1) is 10.4. The van der Waals surface area contributed by atoms with E-state index in [2.05, 4.69) is 0 Å². The van der Waals surface area contributed by atoms with Crippen molar-refractivity contribution in [3.05, 3.63) is 35.4 Å². The normalized spacial score (nSPS) is 24.7. The average molecular weight is 312 g/mol. The molecule has 0 N–H and O–H groups in total. The molecule has 5 heteroatoms. The molecule has 1 saturated heterocycles. The van der Waals surface area contributed by atoms with Gasteiger partial charge in [0, 0.05) is 17.5 Å². The van der Waals surface area contributed by atoms with Gasteiger partial charge in [0.05, 0.1) is 24.7 Å². The summed E-state index contributed by atoms with van der Waals surface area (Å²) in [5.41, 5.74) is -0.402. The summed E-state index contributed by atoms with van der Waals surface area (Å²) in [6.07, 6.45) is 1.13. The maximum atomic E-state index is 14.1. The second-order valence-electron chi connectivity index (χ2n) is 6.14. The van der Waals surface area contributed by atoms with Crippen molar-refractivity contribution in [1.29, 1.82) is 0 Å².